The van der Waals surface area contributed by atoms with Gasteiger partial charge in [-0.05, 0) is 19.9 Å². The highest BCUT2D eigenvalue weighted by atomic mass is 16.4. The summed E-state index contributed by atoms with van der Waals surface area (Å²) in [7, 11) is 2.06. The van der Waals surface area contributed by atoms with Crippen molar-refractivity contribution in [2.24, 2.45) is 11.1 Å². The van der Waals surface area contributed by atoms with Crippen LogP contribution in [-0.2, 0) is 0 Å². The van der Waals surface area contributed by atoms with Crippen molar-refractivity contribution in [3.63, 3.8) is 0 Å². The lowest BCUT2D eigenvalue weighted by Gasteiger charge is -2.43. The van der Waals surface area contributed by atoms with Crippen LogP contribution in [0.1, 0.15) is 38.5 Å². The van der Waals surface area contributed by atoms with E-state index >= 15 is 0 Å². The zero-order valence-electron chi connectivity index (χ0n) is 10.0. The summed E-state index contributed by atoms with van der Waals surface area (Å²) >= 11 is 0. The third-order valence-electron chi connectivity index (χ3n) is 4.14. The van der Waals surface area contributed by atoms with Crippen molar-refractivity contribution in [3.05, 3.63) is 0 Å². The van der Waals surface area contributed by atoms with E-state index in [1.54, 1.807) is 0 Å². The van der Waals surface area contributed by atoms with Crippen molar-refractivity contribution in [2.75, 3.05) is 20.1 Å². The predicted octanol–water partition coefficient (Wildman–Crippen LogP) is 1.46. The lowest BCUT2D eigenvalue weighted by Crippen LogP contribution is -2.52. The molecule has 1 saturated heterocycles. The molecular formula is C12H22N2O2. The second-order valence-corrected chi connectivity index (χ2v) is 5.32. The SMILES string of the molecule is CN1CC/C(=N/O)[C@@H](C2(O)CCCCC2)C1. The minimum Gasteiger partial charge on any atom is -0.411 e. The van der Waals surface area contributed by atoms with Crippen LogP contribution in [0.4, 0.5) is 0 Å². The average Bonchev–Trinajstić information content (AvgIpc) is 2.30. The number of oxime groups is 1. The van der Waals surface area contributed by atoms with Crippen LogP contribution in [0.3, 0.4) is 0 Å². The largest absolute Gasteiger partial charge is 0.411 e. The molecule has 1 atom stereocenters. The fourth-order valence-electron chi connectivity index (χ4n) is 3.10. The monoisotopic (exact) mass is 226 g/mol. The maximum atomic E-state index is 10.7. The van der Waals surface area contributed by atoms with Crippen molar-refractivity contribution >= 4 is 5.71 Å². The summed E-state index contributed by atoms with van der Waals surface area (Å²) in [5.41, 5.74) is 0.164. The van der Waals surface area contributed by atoms with Gasteiger partial charge in [-0.2, -0.15) is 0 Å². The molecule has 2 rings (SSSR count). The summed E-state index contributed by atoms with van der Waals surface area (Å²) in [5, 5.41) is 23.2. The van der Waals surface area contributed by atoms with Crippen LogP contribution in [-0.4, -0.2) is 46.7 Å². The van der Waals surface area contributed by atoms with Crippen molar-refractivity contribution in [2.45, 2.75) is 44.1 Å². The van der Waals surface area contributed by atoms with Crippen molar-refractivity contribution < 1.29 is 10.3 Å². The predicted molar refractivity (Wildman–Crippen MR) is 62.9 cm³/mol. The van der Waals surface area contributed by atoms with E-state index in [4.69, 9.17) is 5.21 Å². The zero-order chi connectivity index (χ0) is 11.6. The fraction of sp³-hybridized carbons (Fsp3) is 0.917. The second kappa shape index (κ2) is 4.72. The van der Waals surface area contributed by atoms with Gasteiger partial charge in [0.2, 0.25) is 0 Å². The first-order valence-electron chi connectivity index (χ1n) is 6.27. The smallest absolute Gasteiger partial charge is 0.0741 e. The maximum absolute atomic E-state index is 10.7. The molecule has 2 aliphatic rings. The minimum atomic E-state index is -0.630. The van der Waals surface area contributed by atoms with Crippen molar-refractivity contribution in [3.8, 4) is 0 Å². The standard InChI is InChI=1S/C12H22N2O2/c1-14-8-5-11(13-16)10(9-14)12(15)6-3-2-4-7-12/h10,15-16H,2-9H2,1H3/b13-11-/t10-/m0/s1. The summed E-state index contributed by atoms with van der Waals surface area (Å²) in [6.45, 7) is 1.74. The van der Waals surface area contributed by atoms with E-state index in [9.17, 15) is 5.11 Å². The third kappa shape index (κ3) is 2.23. The molecule has 0 bridgehead atoms. The highest BCUT2D eigenvalue weighted by Gasteiger charge is 2.42. The van der Waals surface area contributed by atoms with Crippen LogP contribution >= 0.6 is 0 Å². The summed E-state index contributed by atoms with van der Waals surface area (Å²) in [5.74, 6) is 0.0246. The van der Waals surface area contributed by atoms with Gasteiger partial charge in [-0.15, -0.1) is 0 Å². The van der Waals surface area contributed by atoms with Gasteiger partial charge in [-0.3, -0.25) is 0 Å². The zero-order valence-corrected chi connectivity index (χ0v) is 10.0. The molecule has 0 amide bonds. The topological polar surface area (TPSA) is 56.1 Å². The van der Waals surface area contributed by atoms with E-state index in [0.717, 1.165) is 50.9 Å². The second-order valence-electron chi connectivity index (χ2n) is 5.32. The number of hydrogen-bond donors (Lipinski definition) is 2. The Labute approximate surface area is 96.9 Å². The molecule has 0 aromatic rings. The van der Waals surface area contributed by atoms with Crippen LogP contribution in [0.5, 0.6) is 0 Å². The molecule has 0 aromatic heterocycles. The number of likely N-dealkylation sites (tertiary alicyclic amines) is 1. The maximum Gasteiger partial charge on any atom is 0.0741 e. The molecule has 1 heterocycles. The summed E-state index contributed by atoms with van der Waals surface area (Å²) in [6.07, 6.45) is 5.89. The lowest BCUT2D eigenvalue weighted by atomic mass is 9.72. The molecule has 0 spiro atoms. The number of hydrogen-bond acceptors (Lipinski definition) is 4. The summed E-state index contributed by atoms with van der Waals surface area (Å²) < 4.78 is 0. The van der Waals surface area contributed by atoms with Crippen molar-refractivity contribution in [1.29, 1.82) is 0 Å². The Hall–Kier alpha value is -0.610. The molecule has 16 heavy (non-hydrogen) atoms. The fourth-order valence-corrected chi connectivity index (χ4v) is 3.10. The van der Waals surface area contributed by atoms with Gasteiger partial charge in [0.25, 0.3) is 0 Å². The first-order chi connectivity index (χ1) is 7.65. The van der Waals surface area contributed by atoms with Gasteiger partial charge >= 0.3 is 0 Å². The lowest BCUT2D eigenvalue weighted by molar-refractivity contribution is -0.0389. The van der Waals surface area contributed by atoms with Crippen LogP contribution < -0.4 is 0 Å². The molecule has 2 N–H and O–H groups in total. The van der Waals surface area contributed by atoms with E-state index < -0.39 is 5.60 Å². The highest BCUT2D eigenvalue weighted by Crippen LogP contribution is 2.37. The first-order valence-corrected chi connectivity index (χ1v) is 6.27. The minimum absolute atomic E-state index is 0.0246. The Morgan fingerprint density at radius 1 is 1.31 bits per heavy atom. The molecule has 1 aliphatic heterocycles. The van der Waals surface area contributed by atoms with E-state index in [-0.39, 0.29) is 5.92 Å². The van der Waals surface area contributed by atoms with Crippen LogP contribution in [0, 0.1) is 5.92 Å². The molecule has 1 saturated carbocycles. The molecule has 1 aliphatic carbocycles. The molecule has 0 unspecified atom stereocenters. The third-order valence-corrected chi connectivity index (χ3v) is 4.14. The van der Waals surface area contributed by atoms with E-state index in [0.29, 0.717) is 0 Å². The molecule has 2 fully saturated rings. The Morgan fingerprint density at radius 3 is 2.62 bits per heavy atom. The quantitative estimate of drug-likeness (QED) is 0.526. The van der Waals surface area contributed by atoms with Crippen molar-refractivity contribution in [1.82, 2.24) is 4.90 Å². The number of aliphatic hydroxyl groups is 1. The first kappa shape index (κ1) is 11.9. The van der Waals surface area contributed by atoms with Gasteiger partial charge in [0.1, 0.15) is 0 Å². The number of piperidine rings is 1. The van der Waals surface area contributed by atoms with Gasteiger partial charge in [-0.1, -0.05) is 24.4 Å². The van der Waals surface area contributed by atoms with Gasteiger partial charge in [0.05, 0.1) is 11.3 Å². The van der Waals surface area contributed by atoms with Crippen LogP contribution in [0.15, 0.2) is 5.16 Å². The van der Waals surface area contributed by atoms with Gasteiger partial charge in [-0.25, -0.2) is 0 Å². The Balaban J connectivity index is 2.15. The van der Waals surface area contributed by atoms with Gasteiger partial charge in [0.15, 0.2) is 0 Å². The molecular weight excluding hydrogens is 204 g/mol. The van der Waals surface area contributed by atoms with Gasteiger partial charge < -0.3 is 15.2 Å². The van der Waals surface area contributed by atoms with E-state index in [1.165, 1.54) is 6.42 Å². The summed E-state index contributed by atoms with van der Waals surface area (Å²) in [6, 6.07) is 0. The molecule has 92 valence electrons. The Kier molecular flexibility index (Phi) is 3.50. The highest BCUT2D eigenvalue weighted by molar-refractivity contribution is 5.88. The normalized spacial score (nSPS) is 34.1. The summed E-state index contributed by atoms with van der Waals surface area (Å²) in [4.78, 5) is 2.21. The van der Waals surface area contributed by atoms with Crippen LogP contribution in [0.25, 0.3) is 0 Å². The molecule has 4 heteroatoms. The molecule has 0 radical (unpaired) electrons. The van der Waals surface area contributed by atoms with E-state index in [1.807, 2.05) is 0 Å². The number of rotatable bonds is 1. The molecule has 4 nitrogen and oxygen atoms in total. The molecule has 0 aromatic carbocycles. The Bertz CT molecular complexity index is 272. The number of nitrogens with zero attached hydrogens (tertiary/aromatic N) is 2. The van der Waals surface area contributed by atoms with E-state index in [2.05, 4.69) is 17.1 Å². The van der Waals surface area contributed by atoms with Gasteiger partial charge in [0, 0.05) is 25.4 Å². The Morgan fingerprint density at radius 2 is 2.00 bits per heavy atom. The van der Waals surface area contributed by atoms with Crippen LogP contribution in [0.2, 0.25) is 0 Å². The average molecular weight is 226 g/mol.